The fourth-order valence-corrected chi connectivity index (χ4v) is 4.63. The molecule has 1 aromatic rings. The molecule has 0 N–H and O–H groups in total. The van der Waals surface area contributed by atoms with Gasteiger partial charge in [0.05, 0.1) is 0 Å². The van der Waals surface area contributed by atoms with Gasteiger partial charge in [0.15, 0.2) is 0 Å². The summed E-state index contributed by atoms with van der Waals surface area (Å²) in [5, 5.41) is 0. The molecule has 0 radical (unpaired) electrons. The van der Waals surface area contributed by atoms with Crippen LogP contribution in [0.4, 0.5) is 0 Å². The average Bonchev–Trinajstić information content (AvgIpc) is 2.39. The molecule has 2 aliphatic heterocycles. The highest BCUT2D eigenvalue weighted by molar-refractivity contribution is 5.36. The molecule has 0 amide bonds. The molecule has 3 atom stereocenters. The summed E-state index contributed by atoms with van der Waals surface area (Å²) in [7, 11) is 0. The van der Waals surface area contributed by atoms with E-state index in [1.54, 1.807) is 11.1 Å². The lowest BCUT2D eigenvalue weighted by Crippen LogP contribution is -2.54. The second-order valence-corrected chi connectivity index (χ2v) is 6.08. The molecule has 0 spiro atoms. The monoisotopic (exact) mass is 227 g/mol. The largest absolute Gasteiger partial charge is 0.299 e. The second kappa shape index (κ2) is 3.84. The Morgan fingerprint density at radius 3 is 2.76 bits per heavy atom. The third-order valence-electron chi connectivity index (χ3n) is 5.23. The molecule has 1 heteroatoms. The average molecular weight is 227 g/mol. The summed E-state index contributed by atoms with van der Waals surface area (Å²) in [6, 6.07) is 10.1. The number of nitrogens with zero attached hydrogens (tertiary/aromatic N) is 1. The molecule has 2 fully saturated rings. The van der Waals surface area contributed by atoms with E-state index in [1.165, 1.54) is 45.2 Å². The van der Waals surface area contributed by atoms with Gasteiger partial charge in [0.1, 0.15) is 0 Å². The van der Waals surface area contributed by atoms with Crippen molar-refractivity contribution in [3.63, 3.8) is 0 Å². The highest BCUT2D eigenvalue weighted by Gasteiger charge is 2.43. The van der Waals surface area contributed by atoms with Gasteiger partial charge in [-0.3, -0.25) is 4.90 Å². The quantitative estimate of drug-likeness (QED) is 0.658. The minimum atomic E-state index is 0.846. The smallest absolute Gasteiger partial charge is 0.0195 e. The van der Waals surface area contributed by atoms with Gasteiger partial charge in [0.2, 0.25) is 0 Å². The number of hydrogen-bond donors (Lipinski definition) is 0. The first-order valence-electron chi connectivity index (χ1n) is 7.25. The molecule has 0 unspecified atom stereocenters. The number of hydrogen-bond acceptors (Lipinski definition) is 1. The molecule has 2 heterocycles. The maximum absolute atomic E-state index is 2.80. The van der Waals surface area contributed by atoms with Crippen LogP contribution < -0.4 is 0 Å². The highest BCUT2D eigenvalue weighted by atomic mass is 15.2. The molecule has 4 rings (SSSR count). The maximum atomic E-state index is 2.80. The number of benzene rings is 1. The first-order chi connectivity index (χ1) is 8.43. The van der Waals surface area contributed by atoms with Gasteiger partial charge in [-0.05, 0) is 62.2 Å². The van der Waals surface area contributed by atoms with Crippen LogP contribution in [0, 0.1) is 5.92 Å². The Balaban J connectivity index is 1.79. The van der Waals surface area contributed by atoms with Crippen LogP contribution in [0.3, 0.4) is 0 Å². The van der Waals surface area contributed by atoms with Crippen molar-refractivity contribution < 1.29 is 0 Å². The molecule has 1 aliphatic carbocycles. The Bertz CT molecular complexity index is 423. The number of fused-ring (bicyclic) bond motifs is 2. The summed E-state index contributed by atoms with van der Waals surface area (Å²) in [5.41, 5.74) is 3.34. The Labute approximate surface area is 104 Å². The Morgan fingerprint density at radius 2 is 1.82 bits per heavy atom. The molecular weight excluding hydrogens is 206 g/mol. The molecule has 2 saturated heterocycles. The minimum Gasteiger partial charge on any atom is -0.299 e. The van der Waals surface area contributed by atoms with Gasteiger partial charge in [0, 0.05) is 12.0 Å². The zero-order valence-corrected chi connectivity index (χ0v) is 10.4. The highest BCUT2D eigenvalue weighted by Crippen LogP contribution is 2.46. The topological polar surface area (TPSA) is 3.24 Å². The predicted molar refractivity (Wildman–Crippen MR) is 70.2 cm³/mol. The third-order valence-corrected chi connectivity index (χ3v) is 5.23. The summed E-state index contributed by atoms with van der Waals surface area (Å²) >= 11 is 0. The summed E-state index contributed by atoms with van der Waals surface area (Å²) in [4.78, 5) is 2.80. The van der Waals surface area contributed by atoms with Gasteiger partial charge in [-0.2, -0.15) is 0 Å². The van der Waals surface area contributed by atoms with Crippen LogP contribution in [0.5, 0.6) is 0 Å². The van der Waals surface area contributed by atoms with Gasteiger partial charge in [-0.1, -0.05) is 24.3 Å². The van der Waals surface area contributed by atoms with E-state index in [2.05, 4.69) is 29.2 Å². The van der Waals surface area contributed by atoms with Gasteiger partial charge in [0.25, 0.3) is 0 Å². The Kier molecular flexibility index (Phi) is 2.29. The lowest BCUT2D eigenvalue weighted by Gasteiger charge is -2.52. The van der Waals surface area contributed by atoms with Crippen molar-refractivity contribution in [1.82, 2.24) is 4.90 Å². The molecular formula is C16H21N. The van der Waals surface area contributed by atoms with E-state index in [9.17, 15) is 0 Å². The van der Waals surface area contributed by atoms with E-state index in [1.807, 2.05) is 0 Å². The number of rotatable bonds is 0. The van der Waals surface area contributed by atoms with Crippen LogP contribution in [-0.2, 0) is 6.42 Å². The normalized spacial score (nSPS) is 36.1. The van der Waals surface area contributed by atoms with E-state index in [-0.39, 0.29) is 0 Å². The zero-order valence-electron chi connectivity index (χ0n) is 10.4. The summed E-state index contributed by atoms with van der Waals surface area (Å²) in [6.45, 7) is 2.72. The van der Waals surface area contributed by atoms with Crippen molar-refractivity contribution in [2.75, 3.05) is 13.1 Å². The van der Waals surface area contributed by atoms with Crippen molar-refractivity contribution in [1.29, 1.82) is 0 Å². The van der Waals surface area contributed by atoms with Gasteiger partial charge < -0.3 is 0 Å². The van der Waals surface area contributed by atoms with Crippen LogP contribution in [0.2, 0.25) is 0 Å². The lowest BCUT2D eigenvalue weighted by atomic mass is 9.66. The van der Waals surface area contributed by atoms with Crippen molar-refractivity contribution in [2.45, 2.75) is 44.1 Å². The summed E-state index contributed by atoms with van der Waals surface area (Å²) < 4.78 is 0. The second-order valence-electron chi connectivity index (χ2n) is 6.08. The van der Waals surface area contributed by atoms with Crippen molar-refractivity contribution >= 4 is 0 Å². The molecule has 17 heavy (non-hydrogen) atoms. The number of piperidine rings is 2. The van der Waals surface area contributed by atoms with Crippen LogP contribution in [-0.4, -0.2) is 24.0 Å². The first kappa shape index (κ1) is 10.1. The van der Waals surface area contributed by atoms with Crippen LogP contribution in [0.25, 0.3) is 0 Å². The minimum absolute atomic E-state index is 0.846. The summed E-state index contributed by atoms with van der Waals surface area (Å²) in [5.74, 6) is 1.79. The predicted octanol–water partition coefficient (Wildman–Crippen LogP) is 3.20. The van der Waals surface area contributed by atoms with Gasteiger partial charge in [-0.15, -0.1) is 0 Å². The molecule has 0 aromatic heterocycles. The summed E-state index contributed by atoms with van der Waals surface area (Å²) in [6.07, 6.45) is 7.06. The van der Waals surface area contributed by atoms with Crippen molar-refractivity contribution in [3.8, 4) is 0 Å². The van der Waals surface area contributed by atoms with E-state index in [0.717, 1.165) is 17.9 Å². The van der Waals surface area contributed by atoms with Crippen LogP contribution in [0.15, 0.2) is 24.3 Å². The standard InChI is InChI=1S/C16H21N/c1-2-7-14-12(5-1)11-13-6-3-9-17-10-4-8-15(14)16(13)17/h1-2,5,7,13,15-16H,3-4,6,8-11H2/t13-,15-,16-/m0/s1. The first-order valence-corrected chi connectivity index (χ1v) is 7.25. The third kappa shape index (κ3) is 1.48. The zero-order chi connectivity index (χ0) is 11.2. The molecule has 1 aromatic carbocycles. The van der Waals surface area contributed by atoms with Crippen LogP contribution >= 0.6 is 0 Å². The van der Waals surface area contributed by atoms with Crippen molar-refractivity contribution in [3.05, 3.63) is 35.4 Å². The Morgan fingerprint density at radius 1 is 1.00 bits per heavy atom. The van der Waals surface area contributed by atoms with E-state index in [0.29, 0.717) is 0 Å². The van der Waals surface area contributed by atoms with Crippen molar-refractivity contribution in [2.24, 2.45) is 5.92 Å². The molecule has 3 aliphatic rings. The fourth-order valence-electron chi connectivity index (χ4n) is 4.63. The maximum Gasteiger partial charge on any atom is 0.0195 e. The Hall–Kier alpha value is -0.820. The molecule has 0 bridgehead atoms. The molecule has 1 nitrogen and oxygen atoms in total. The SMILES string of the molecule is c1ccc2c(c1)C[C@@H]1CCCN3CCC[C@@H]2[C@H]13. The molecule has 90 valence electrons. The van der Waals surface area contributed by atoms with E-state index < -0.39 is 0 Å². The fraction of sp³-hybridized carbons (Fsp3) is 0.625. The van der Waals surface area contributed by atoms with Gasteiger partial charge in [-0.25, -0.2) is 0 Å². The van der Waals surface area contributed by atoms with Gasteiger partial charge >= 0.3 is 0 Å². The van der Waals surface area contributed by atoms with E-state index >= 15 is 0 Å². The van der Waals surface area contributed by atoms with E-state index in [4.69, 9.17) is 0 Å². The lowest BCUT2D eigenvalue weighted by molar-refractivity contribution is 0.0350. The van der Waals surface area contributed by atoms with Crippen LogP contribution in [0.1, 0.15) is 42.7 Å². The molecule has 0 saturated carbocycles.